The van der Waals surface area contributed by atoms with E-state index < -0.39 is 0 Å². The second kappa shape index (κ2) is 8.56. The summed E-state index contributed by atoms with van der Waals surface area (Å²) in [4.78, 5) is 9.33. The summed E-state index contributed by atoms with van der Waals surface area (Å²) < 4.78 is 10.5. The molecule has 2 aromatic heterocycles. The van der Waals surface area contributed by atoms with Gasteiger partial charge < -0.3 is 14.3 Å². The number of aliphatic hydroxyl groups excluding tert-OH is 1. The van der Waals surface area contributed by atoms with E-state index in [2.05, 4.69) is 20.2 Å². The van der Waals surface area contributed by atoms with E-state index in [1.54, 1.807) is 23.9 Å². The van der Waals surface area contributed by atoms with Crippen LogP contribution in [0.15, 0.2) is 28.4 Å². The van der Waals surface area contributed by atoms with Gasteiger partial charge in [-0.3, -0.25) is 9.80 Å². The summed E-state index contributed by atoms with van der Waals surface area (Å²) in [5.41, 5.74) is 2.06. The van der Waals surface area contributed by atoms with E-state index >= 15 is 0 Å². The zero-order chi connectivity index (χ0) is 15.9. The largest absolute Gasteiger partial charge is 0.472 e. The summed E-state index contributed by atoms with van der Waals surface area (Å²) in [6.45, 7) is 7.16. The summed E-state index contributed by atoms with van der Waals surface area (Å²) >= 11 is 1.63. The second-order valence-corrected chi connectivity index (χ2v) is 6.47. The average Bonchev–Trinajstić information content (AvgIpc) is 3.25. The van der Waals surface area contributed by atoms with Crippen molar-refractivity contribution in [1.29, 1.82) is 0 Å². The lowest BCUT2D eigenvalue weighted by Gasteiger charge is -2.29. The predicted molar refractivity (Wildman–Crippen MR) is 89.4 cm³/mol. The third kappa shape index (κ3) is 4.86. The first-order valence-electron chi connectivity index (χ1n) is 7.95. The zero-order valence-electron chi connectivity index (χ0n) is 13.2. The molecule has 7 heteroatoms. The molecule has 3 rings (SSSR count). The lowest BCUT2D eigenvalue weighted by Crippen LogP contribution is -2.41. The molecular formula is C16H23N3O3S. The van der Waals surface area contributed by atoms with Crippen LogP contribution >= 0.6 is 11.3 Å². The van der Waals surface area contributed by atoms with E-state index in [1.807, 2.05) is 6.07 Å². The highest BCUT2D eigenvalue weighted by molar-refractivity contribution is 7.13. The molecule has 0 unspecified atom stereocenters. The quantitative estimate of drug-likeness (QED) is 0.788. The Morgan fingerprint density at radius 3 is 2.91 bits per heavy atom. The second-order valence-electron chi connectivity index (χ2n) is 5.61. The van der Waals surface area contributed by atoms with Gasteiger partial charge in [-0.1, -0.05) is 0 Å². The summed E-state index contributed by atoms with van der Waals surface area (Å²) in [6.07, 6.45) is 3.38. The van der Waals surface area contributed by atoms with Gasteiger partial charge in [0.15, 0.2) is 0 Å². The molecule has 0 aromatic carbocycles. The molecule has 0 aliphatic carbocycles. The van der Waals surface area contributed by atoms with E-state index in [0.29, 0.717) is 6.54 Å². The maximum Gasteiger partial charge on any atom is 0.126 e. The molecule has 126 valence electrons. The molecule has 1 fully saturated rings. The number of furan rings is 1. The van der Waals surface area contributed by atoms with Crippen LogP contribution < -0.4 is 0 Å². The van der Waals surface area contributed by atoms with Crippen LogP contribution in [0.3, 0.4) is 0 Å². The Labute approximate surface area is 140 Å². The fourth-order valence-corrected chi connectivity index (χ4v) is 3.44. The SMILES string of the molecule is OCCN(CCN1CCOCC1)Cc1csc(-c2ccoc2)n1. The number of ether oxygens (including phenoxy) is 1. The molecule has 1 aliphatic rings. The van der Waals surface area contributed by atoms with Crippen LogP contribution in [0, 0.1) is 0 Å². The molecule has 0 atom stereocenters. The molecule has 0 amide bonds. The molecule has 3 heterocycles. The van der Waals surface area contributed by atoms with Gasteiger partial charge in [-0.05, 0) is 6.07 Å². The van der Waals surface area contributed by atoms with Gasteiger partial charge >= 0.3 is 0 Å². The summed E-state index contributed by atoms with van der Waals surface area (Å²) in [6, 6.07) is 1.92. The van der Waals surface area contributed by atoms with Gasteiger partial charge in [-0.15, -0.1) is 11.3 Å². The van der Waals surface area contributed by atoms with Crippen LogP contribution in [-0.2, 0) is 11.3 Å². The standard InChI is InChI=1S/C16H23N3O3S/c20-7-4-19(3-2-18-5-9-21-10-6-18)11-15-13-23-16(17-15)14-1-8-22-12-14/h1,8,12-13,20H,2-7,9-11H2. The van der Waals surface area contributed by atoms with Crippen LogP contribution in [0.2, 0.25) is 0 Å². The number of aromatic nitrogens is 1. The smallest absolute Gasteiger partial charge is 0.126 e. The van der Waals surface area contributed by atoms with E-state index in [4.69, 9.17) is 9.15 Å². The fourth-order valence-electron chi connectivity index (χ4n) is 2.65. The highest BCUT2D eigenvalue weighted by atomic mass is 32.1. The average molecular weight is 337 g/mol. The predicted octanol–water partition coefficient (Wildman–Crippen LogP) is 1.53. The molecule has 1 saturated heterocycles. The zero-order valence-corrected chi connectivity index (χ0v) is 14.0. The maximum absolute atomic E-state index is 9.30. The minimum Gasteiger partial charge on any atom is -0.472 e. The minimum absolute atomic E-state index is 0.168. The van der Waals surface area contributed by atoms with Gasteiger partial charge in [-0.25, -0.2) is 4.98 Å². The molecule has 1 aliphatic heterocycles. The topological polar surface area (TPSA) is 62.0 Å². The van der Waals surface area contributed by atoms with Crippen molar-refractivity contribution in [1.82, 2.24) is 14.8 Å². The van der Waals surface area contributed by atoms with Gasteiger partial charge in [-0.2, -0.15) is 0 Å². The first-order valence-corrected chi connectivity index (χ1v) is 8.83. The normalized spacial score (nSPS) is 16.3. The Hall–Kier alpha value is -1.25. The fraction of sp³-hybridized carbons (Fsp3) is 0.562. The van der Waals surface area contributed by atoms with Gasteiger partial charge in [0.1, 0.15) is 11.3 Å². The van der Waals surface area contributed by atoms with Crippen molar-refractivity contribution in [2.45, 2.75) is 6.54 Å². The first kappa shape index (κ1) is 16.6. The number of hydrogen-bond donors (Lipinski definition) is 1. The van der Waals surface area contributed by atoms with Gasteiger partial charge in [0, 0.05) is 50.2 Å². The number of morpholine rings is 1. The number of aliphatic hydroxyl groups is 1. The lowest BCUT2D eigenvalue weighted by atomic mass is 10.3. The van der Waals surface area contributed by atoms with Gasteiger partial charge in [0.05, 0.1) is 31.8 Å². The summed E-state index contributed by atoms with van der Waals surface area (Å²) in [7, 11) is 0. The number of nitrogens with zero attached hydrogens (tertiary/aromatic N) is 3. The van der Waals surface area contributed by atoms with Gasteiger partial charge in [0.25, 0.3) is 0 Å². The summed E-state index contributed by atoms with van der Waals surface area (Å²) in [5, 5.41) is 12.4. The Bertz CT molecular complexity index is 567. The summed E-state index contributed by atoms with van der Waals surface area (Å²) in [5.74, 6) is 0. The van der Waals surface area contributed by atoms with Crippen LogP contribution in [-0.4, -0.2) is 72.4 Å². The van der Waals surface area contributed by atoms with Crippen molar-refractivity contribution in [3.63, 3.8) is 0 Å². The molecule has 2 aromatic rings. The van der Waals surface area contributed by atoms with Crippen LogP contribution in [0.25, 0.3) is 10.6 Å². The van der Waals surface area contributed by atoms with Crippen LogP contribution in [0.4, 0.5) is 0 Å². The number of hydrogen-bond acceptors (Lipinski definition) is 7. The monoisotopic (exact) mass is 337 g/mol. The molecule has 1 N–H and O–H groups in total. The van der Waals surface area contributed by atoms with E-state index in [1.165, 1.54) is 0 Å². The van der Waals surface area contributed by atoms with Crippen molar-refractivity contribution in [2.75, 3.05) is 52.5 Å². The van der Waals surface area contributed by atoms with Gasteiger partial charge in [0.2, 0.25) is 0 Å². The molecule has 0 bridgehead atoms. The third-order valence-corrected chi connectivity index (χ3v) is 4.90. The Kier molecular flexibility index (Phi) is 6.18. The van der Waals surface area contributed by atoms with Crippen molar-refractivity contribution in [2.24, 2.45) is 0 Å². The van der Waals surface area contributed by atoms with E-state index in [-0.39, 0.29) is 6.61 Å². The third-order valence-electron chi connectivity index (χ3n) is 3.96. The Morgan fingerprint density at radius 1 is 1.30 bits per heavy atom. The van der Waals surface area contributed by atoms with Crippen LogP contribution in [0.5, 0.6) is 0 Å². The molecule has 23 heavy (non-hydrogen) atoms. The first-order chi connectivity index (χ1) is 11.3. The Morgan fingerprint density at radius 2 is 2.17 bits per heavy atom. The highest BCUT2D eigenvalue weighted by Gasteiger charge is 2.14. The van der Waals surface area contributed by atoms with Crippen molar-refractivity contribution >= 4 is 11.3 Å². The Balaban J connectivity index is 1.54. The molecular weight excluding hydrogens is 314 g/mol. The maximum atomic E-state index is 9.30. The molecule has 0 saturated carbocycles. The highest BCUT2D eigenvalue weighted by Crippen LogP contribution is 2.24. The number of rotatable bonds is 8. The van der Waals surface area contributed by atoms with Crippen molar-refractivity contribution < 1.29 is 14.3 Å². The lowest BCUT2D eigenvalue weighted by molar-refractivity contribution is 0.0319. The van der Waals surface area contributed by atoms with E-state index in [0.717, 1.165) is 62.2 Å². The molecule has 0 spiro atoms. The molecule has 0 radical (unpaired) electrons. The minimum atomic E-state index is 0.168. The van der Waals surface area contributed by atoms with Crippen LogP contribution in [0.1, 0.15) is 5.69 Å². The van der Waals surface area contributed by atoms with Crippen molar-refractivity contribution in [3.05, 3.63) is 29.7 Å². The number of thiazole rings is 1. The van der Waals surface area contributed by atoms with E-state index in [9.17, 15) is 5.11 Å². The molecule has 6 nitrogen and oxygen atoms in total. The van der Waals surface area contributed by atoms with Crippen molar-refractivity contribution in [3.8, 4) is 10.6 Å².